The average Bonchev–Trinajstić information content (AvgIpc) is 2.94. The molecule has 0 saturated heterocycles. The molecule has 2 aliphatic rings. The van der Waals surface area contributed by atoms with Crippen LogP contribution in [0.1, 0.15) is 56.4 Å². The lowest BCUT2D eigenvalue weighted by atomic mass is 10.4. The Morgan fingerprint density at radius 3 is 0.500 bits per heavy atom. The summed E-state index contributed by atoms with van der Waals surface area (Å²) in [5, 5.41) is 0. The number of halogens is 2. The van der Waals surface area contributed by atoms with Crippen LogP contribution in [0.2, 0.25) is 0 Å². The number of hydrogen-bond donors (Lipinski definition) is 0. The van der Waals surface area contributed by atoms with Gasteiger partial charge in [-0.05, 0) is 35.5 Å². The Bertz CT molecular complexity index is 100. The molecule has 2 rings (SSSR count). The topological polar surface area (TPSA) is 0 Å². The molecule has 0 unspecified atom stereocenters. The molecule has 0 spiro atoms. The molecule has 0 aromatic rings. The summed E-state index contributed by atoms with van der Waals surface area (Å²) in [4.78, 5) is 0. The van der Waals surface area contributed by atoms with Crippen LogP contribution in [0, 0.1) is 35.5 Å². The van der Waals surface area contributed by atoms with Crippen LogP contribution < -0.4 is 0 Å². The van der Waals surface area contributed by atoms with E-state index in [9.17, 15) is 0 Å². The third-order valence-corrected chi connectivity index (χ3v) is 4.69. The molecule has 102 valence electrons. The van der Waals surface area contributed by atoms with Gasteiger partial charge in [0, 0.05) is 37.2 Å². The molecule has 2 heteroatoms. The zero-order valence-corrected chi connectivity index (χ0v) is 14.5. The van der Waals surface area contributed by atoms with E-state index in [4.69, 9.17) is 0 Å². The molecule has 2 saturated carbocycles. The zero-order valence-electron chi connectivity index (χ0n) is 10.2. The van der Waals surface area contributed by atoms with Crippen LogP contribution in [0.15, 0.2) is 0 Å². The van der Waals surface area contributed by atoms with E-state index in [2.05, 4.69) is 78.8 Å². The summed E-state index contributed by atoms with van der Waals surface area (Å²) < 4.78 is 0. The Labute approximate surface area is 128 Å². The first-order valence-corrected chi connectivity index (χ1v) is 11.9. The first kappa shape index (κ1) is 22.6. The monoisotopic (exact) mass is 454 g/mol. The van der Waals surface area contributed by atoms with Crippen LogP contribution in [0.25, 0.3) is 0 Å². The van der Waals surface area contributed by atoms with E-state index in [1.54, 1.807) is 0 Å². The van der Waals surface area contributed by atoms with Gasteiger partial charge in [0.25, 0.3) is 0 Å². The van der Waals surface area contributed by atoms with Gasteiger partial charge in [-0.1, -0.05) is 56.4 Å². The van der Waals surface area contributed by atoms with Crippen LogP contribution >= 0.6 is 37.2 Å². The van der Waals surface area contributed by atoms with Crippen molar-refractivity contribution in [2.45, 2.75) is 56.4 Å². The highest BCUT2D eigenvalue weighted by molar-refractivity contribution is 15.0. The van der Waals surface area contributed by atoms with Crippen molar-refractivity contribution in [3.63, 3.8) is 0 Å². The number of rotatable bonds is 0. The van der Waals surface area contributed by atoms with Gasteiger partial charge in [0.15, 0.2) is 0 Å². The van der Waals surface area contributed by atoms with Crippen molar-refractivity contribution in [2.24, 2.45) is 35.5 Å². The van der Waals surface area contributed by atoms with Gasteiger partial charge in [-0.25, -0.2) is 0 Å². The molecule has 0 atom stereocenters. The summed E-state index contributed by atoms with van der Waals surface area (Å²) in [6.07, 6.45) is 0. The fourth-order valence-electron chi connectivity index (χ4n) is 1.82. The van der Waals surface area contributed by atoms with Gasteiger partial charge in [0.2, 0.25) is 0 Å². The molecule has 2 aliphatic carbocycles. The van der Waals surface area contributed by atoms with E-state index >= 15 is 0 Å². The molecule has 0 bridgehead atoms. The first-order chi connectivity index (χ1) is 6.46. The molecule has 0 aromatic heterocycles. The second-order valence-corrected chi connectivity index (χ2v) is 5.15. The van der Waals surface area contributed by atoms with Gasteiger partial charge < -0.3 is 0 Å². The molecule has 0 N–H and O–H groups in total. The first-order valence-electron chi connectivity index (χ1n) is 5.61. The van der Waals surface area contributed by atoms with E-state index in [-0.39, 0.29) is 14.9 Å². The van der Waals surface area contributed by atoms with Crippen molar-refractivity contribution < 1.29 is 0 Å². The zero-order chi connectivity index (χ0) is 11.5. The lowest BCUT2D eigenvalue weighted by Gasteiger charge is -1.66. The SMILES string of the molecule is C.C.CC1C(C)C1C.CC1C(C)C1C.II. The molecular weight excluding hydrogens is 422 g/mol. The minimum atomic E-state index is 0. The maximum Gasteiger partial charge on any atom is 0 e. The van der Waals surface area contributed by atoms with Crippen LogP contribution in [-0.4, -0.2) is 0 Å². The van der Waals surface area contributed by atoms with E-state index in [0.29, 0.717) is 0 Å². The van der Waals surface area contributed by atoms with Crippen LogP contribution in [0.4, 0.5) is 0 Å². The Balaban J connectivity index is -0.000000165. The number of hydrogen-bond acceptors (Lipinski definition) is 0. The van der Waals surface area contributed by atoms with Gasteiger partial charge in [0.1, 0.15) is 0 Å². The van der Waals surface area contributed by atoms with Crippen molar-refractivity contribution in [2.75, 3.05) is 0 Å². The maximum atomic E-state index is 2.31. The highest BCUT2D eigenvalue weighted by atomic mass is 128. The van der Waals surface area contributed by atoms with Crippen molar-refractivity contribution in [3.8, 4) is 0 Å². The predicted molar refractivity (Wildman–Crippen MR) is 96.5 cm³/mol. The Morgan fingerprint density at radius 2 is 0.500 bits per heavy atom. The van der Waals surface area contributed by atoms with Gasteiger partial charge in [-0.3, -0.25) is 0 Å². The van der Waals surface area contributed by atoms with E-state index in [1.165, 1.54) is 0 Å². The predicted octanol–water partition coefficient (Wildman–Crippen LogP) is 6.86. The standard InChI is InChI=1S/2C6H12.2CH4.I2/c2*1-4-5(2)6(4)3;;;1-2/h2*4-6H,1-3H3;2*1H4;. The molecule has 2 fully saturated rings. The Morgan fingerprint density at radius 1 is 0.438 bits per heavy atom. The van der Waals surface area contributed by atoms with E-state index < -0.39 is 0 Å². The van der Waals surface area contributed by atoms with Crippen molar-refractivity contribution in [1.82, 2.24) is 0 Å². The molecule has 0 aromatic carbocycles. The lowest BCUT2D eigenvalue weighted by molar-refractivity contribution is 0.834. The average molecular weight is 454 g/mol. The fraction of sp³-hybridized carbons (Fsp3) is 1.00. The van der Waals surface area contributed by atoms with E-state index in [0.717, 1.165) is 35.5 Å². The Kier molecular flexibility index (Phi) is 14.7. The Hall–Kier alpha value is 1.46. The summed E-state index contributed by atoms with van der Waals surface area (Å²) in [5.74, 6) is 6.11. The van der Waals surface area contributed by atoms with E-state index in [1.807, 2.05) is 0 Å². The summed E-state index contributed by atoms with van der Waals surface area (Å²) >= 11 is 4.24. The van der Waals surface area contributed by atoms with Crippen LogP contribution in [-0.2, 0) is 0 Å². The van der Waals surface area contributed by atoms with Gasteiger partial charge in [-0.15, -0.1) is 0 Å². The summed E-state index contributed by atoms with van der Waals surface area (Å²) in [5.41, 5.74) is 0. The maximum absolute atomic E-state index is 2.31. The van der Waals surface area contributed by atoms with Gasteiger partial charge >= 0.3 is 0 Å². The van der Waals surface area contributed by atoms with Gasteiger partial charge in [0.05, 0.1) is 0 Å². The third-order valence-electron chi connectivity index (χ3n) is 4.69. The minimum absolute atomic E-state index is 0. The fourth-order valence-corrected chi connectivity index (χ4v) is 1.82. The largest absolute Gasteiger partial charge is 0.0776 e. The molecule has 0 radical (unpaired) electrons. The highest BCUT2D eigenvalue weighted by Gasteiger charge is 2.38. The normalized spacial score (nSPS) is 42.0. The smallest absolute Gasteiger partial charge is 0 e. The minimum Gasteiger partial charge on any atom is -0.0776 e. The van der Waals surface area contributed by atoms with Crippen molar-refractivity contribution in [1.29, 1.82) is 0 Å². The molecule has 0 amide bonds. The summed E-state index contributed by atoms with van der Waals surface area (Å²) in [6, 6.07) is 0. The summed E-state index contributed by atoms with van der Waals surface area (Å²) in [6.45, 7) is 13.9. The second kappa shape index (κ2) is 10.4. The van der Waals surface area contributed by atoms with Gasteiger partial charge in [-0.2, -0.15) is 0 Å². The van der Waals surface area contributed by atoms with Crippen LogP contribution in [0.5, 0.6) is 0 Å². The second-order valence-electron chi connectivity index (χ2n) is 5.15. The highest BCUT2D eigenvalue weighted by Crippen LogP contribution is 2.44. The molecule has 0 aliphatic heterocycles. The lowest BCUT2D eigenvalue weighted by Crippen LogP contribution is -1.58. The molecule has 0 heterocycles. The molecule has 16 heavy (non-hydrogen) atoms. The molecular formula is C14H32I2. The quantitative estimate of drug-likeness (QED) is 0.351. The molecule has 0 nitrogen and oxygen atoms in total. The third kappa shape index (κ3) is 7.02. The van der Waals surface area contributed by atoms with Crippen LogP contribution in [0.3, 0.4) is 0 Å². The summed E-state index contributed by atoms with van der Waals surface area (Å²) in [7, 11) is 0. The van der Waals surface area contributed by atoms with Crippen molar-refractivity contribution >= 4 is 37.2 Å². The van der Waals surface area contributed by atoms with Crippen molar-refractivity contribution in [3.05, 3.63) is 0 Å².